The molecule has 0 saturated heterocycles. The molecule has 2 aromatic heterocycles. The molecule has 0 saturated carbocycles. The molecule has 5 nitrogen and oxygen atoms in total. The summed E-state index contributed by atoms with van der Waals surface area (Å²) in [4.78, 5) is 16.8. The van der Waals surface area contributed by atoms with E-state index in [-0.39, 0.29) is 12.3 Å². The number of nitrogens with zero attached hydrogens (tertiary/aromatic N) is 3. The Morgan fingerprint density at radius 1 is 0.966 bits per heavy atom. The van der Waals surface area contributed by atoms with Gasteiger partial charge in [-0.3, -0.25) is 9.78 Å². The van der Waals surface area contributed by atoms with E-state index in [0.29, 0.717) is 11.6 Å². The Hall–Kier alpha value is -3.44. The smallest absolute Gasteiger partial charge is 0.224 e. The molecule has 0 spiro atoms. The number of halogens is 1. The molecule has 4 aromatic rings. The maximum Gasteiger partial charge on any atom is 0.224 e. The highest BCUT2D eigenvalue weighted by atomic mass is 35.5. The van der Waals surface area contributed by atoms with Gasteiger partial charge >= 0.3 is 0 Å². The minimum atomic E-state index is -0.0847. The second-order valence-electron chi connectivity index (χ2n) is 6.56. The number of nitrogens with one attached hydrogen (secondary N) is 1. The molecule has 1 amide bonds. The SMILES string of the molecule is O=C(Cc1cn(-c2ccccc2)nc1-c1ccc(Cl)cc1)NCc1ccccn1. The Morgan fingerprint density at radius 3 is 2.45 bits per heavy atom. The van der Waals surface area contributed by atoms with Crippen molar-refractivity contribution >= 4 is 17.5 Å². The fraction of sp³-hybridized carbons (Fsp3) is 0.0870. The molecule has 2 heterocycles. The van der Waals surface area contributed by atoms with Crippen LogP contribution in [0.4, 0.5) is 0 Å². The summed E-state index contributed by atoms with van der Waals surface area (Å²) in [6.45, 7) is 0.392. The van der Waals surface area contributed by atoms with Crippen molar-refractivity contribution in [2.75, 3.05) is 0 Å². The number of benzene rings is 2. The molecule has 0 unspecified atom stereocenters. The monoisotopic (exact) mass is 402 g/mol. The maximum atomic E-state index is 12.6. The summed E-state index contributed by atoms with van der Waals surface area (Å²) >= 11 is 6.03. The highest BCUT2D eigenvalue weighted by molar-refractivity contribution is 6.30. The van der Waals surface area contributed by atoms with Crippen LogP contribution in [-0.4, -0.2) is 20.7 Å². The van der Waals surface area contributed by atoms with Crippen molar-refractivity contribution < 1.29 is 4.79 Å². The largest absolute Gasteiger partial charge is 0.350 e. The van der Waals surface area contributed by atoms with Gasteiger partial charge in [0.15, 0.2) is 0 Å². The number of pyridine rings is 1. The maximum absolute atomic E-state index is 12.6. The molecule has 0 bridgehead atoms. The molecule has 0 aliphatic rings. The first-order chi connectivity index (χ1) is 14.2. The van der Waals surface area contributed by atoms with Crippen LogP contribution in [0, 0.1) is 0 Å². The molecular formula is C23H19ClN4O. The Kier molecular flexibility index (Phi) is 5.68. The summed E-state index contributed by atoms with van der Waals surface area (Å²) in [5.41, 5.74) is 4.27. The minimum absolute atomic E-state index is 0.0847. The van der Waals surface area contributed by atoms with Gasteiger partial charge in [-0.05, 0) is 36.4 Å². The Bertz CT molecular complexity index is 1090. The molecular weight excluding hydrogens is 384 g/mol. The second kappa shape index (κ2) is 8.71. The molecule has 0 aliphatic heterocycles. The van der Waals surface area contributed by atoms with Crippen LogP contribution in [0.15, 0.2) is 85.2 Å². The van der Waals surface area contributed by atoms with Crippen molar-refractivity contribution in [3.63, 3.8) is 0 Å². The number of amides is 1. The van der Waals surface area contributed by atoms with Crippen LogP contribution in [0.2, 0.25) is 5.02 Å². The van der Waals surface area contributed by atoms with Crippen LogP contribution >= 0.6 is 11.6 Å². The van der Waals surface area contributed by atoms with Gasteiger partial charge in [0.2, 0.25) is 5.91 Å². The summed E-state index contributed by atoms with van der Waals surface area (Å²) in [5.74, 6) is -0.0847. The van der Waals surface area contributed by atoms with Crippen LogP contribution in [0.25, 0.3) is 16.9 Å². The van der Waals surface area contributed by atoms with E-state index in [2.05, 4.69) is 10.3 Å². The highest BCUT2D eigenvalue weighted by Crippen LogP contribution is 2.25. The minimum Gasteiger partial charge on any atom is -0.350 e. The third-order valence-electron chi connectivity index (χ3n) is 4.47. The Labute approximate surface area is 174 Å². The van der Waals surface area contributed by atoms with E-state index >= 15 is 0 Å². The lowest BCUT2D eigenvalue weighted by molar-refractivity contribution is -0.120. The van der Waals surface area contributed by atoms with Crippen molar-refractivity contribution in [1.82, 2.24) is 20.1 Å². The first-order valence-electron chi connectivity index (χ1n) is 9.25. The third kappa shape index (κ3) is 4.70. The zero-order valence-corrected chi connectivity index (χ0v) is 16.4. The van der Waals surface area contributed by atoms with E-state index in [1.807, 2.05) is 79.0 Å². The predicted octanol–water partition coefficient (Wildman–Crippen LogP) is 4.45. The number of carbonyl (C=O) groups is 1. The predicted molar refractivity (Wildman–Crippen MR) is 114 cm³/mol. The van der Waals surface area contributed by atoms with E-state index in [0.717, 1.165) is 28.2 Å². The fourth-order valence-electron chi connectivity index (χ4n) is 3.03. The molecule has 29 heavy (non-hydrogen) atoms. The molecule has 4 rings (SSSR count). The molecule has 0 fully saturated rings. The van der Waals surface area contributed by atoms with Crippen LogP contribution in [-0.2, 0) is 17.8 Å². The van der Waals surface area contributed by atoms with E-state index in [9.17, 15) is 4.79 Å². The summed E-state index contributed by atoms with van der Waals surface area (Å²) in [5, 5.41) is 8.32. The topological polar surface area (TPSA) is 59.8 Å². The van der Waals surface area contributed by atoms with Gasteiger partial charge in [-0.15, -0.1) is 0 Å². The van der Waals surface area contributed by atoms with Crippen LogP contribution in [0.3, 0.4) is 0 Å². The van der Waals surface area contributed by atoms with Crippen molar-refractivity contribution in [2.24, 2.45) is 0 Å². The first kappa shape index (κ1) is 18.9. The molecule has 6 heteroatoms. The summed E-state index contributed by atoms with van der Waals surface area (Å²) in [7, 11) is 0. The van der Waals surface area contributed by atoms with Crippen LogP contribution < -0.4 is 5.32 Å². The van der Waals surface area contributed by atoms with Crippen molar-refractivity contribution in [3.8, 4) is 16.9 Å². The lowest BCUT2D eigenvalue weighted by atomic mass is 10.1. The number of carbonyl (C=O) groups excluding carboxylic acids is 1. The number of para-hydroxylation sites is 1. The average molecular weight is 403 g/mol. The zero-order valence-electron chi connectivity index (χ0n) is 15.6. The molecule has 2 aromatic carbocycles. The fourth-order valence-corrected chi connectivity index (χ4v) is 3.16. The van der Waals surface area contributed by atoms with E-state index in [4.69, 9.17) is 16.7 Å². The van der Waals surface area contributed by atoms with Gasteiger partial charge in [0.05, 0.1) is 30.0 Å². The molecule has 1 N–H and O–H groups in total. The van der Waals surface area contributed by atoms with Crippen molar-refractivity contribution in [1.29, 1.82) is 0 Å². The number of hydrogen-bond acceptors (Lipinski definition) is 3. The van der Waals surface area contributed by atoms with Crippen molar-refractivity contribution in [2.45, 2.75) is 13.0 Å². The molecule has 144 valence electrons. The standard InChI is InChI=1S/C23H19ClN4O/c24-19-11-9-17(10-12-19)23-18(16-28(27-23)21-7-2-1-3-8-21)14-22(29)26-15-20-6-4-5-13-25-20/h1-13,16H,14-15H2,(H,26,29). The second-order valence-corrected chi connectivity index (χ2v) is 7.00. The van der Waals surface area contributed by atoms with Gasteiger partial charge in [-0.25, -0.2) is 4.68 Å². The quantitative estimate of drug-likeness (QED) is 0.518. The number of aromatic nitrogens is 3. The zero-order chi connectivity index (χ0) is 20.1. The third-order valence-corrected chi connectivity index (χ3v) is 4.72. The van der Waals surface area contributed by atoms with E-state index in [1.165, 1.54) is 0 Å². The first-order valence-corrected chi connectivity index (χ1v) is 9.63. The summed E-state index contributed by atoms with van der Waals surface area (Å²) < 4.78 is 1.80. The van der Waals surface area contributed by atoms with Gasteiger partial charge in [0.25, 0.3) is 0 Å². The summed E-state index contributed by atoms with van der Waals surface area (Å²) in [6, 6.07) is 22.9. The van der Waals surface area contributed by atoms with Gasteiger partial charge in [-0.2, -0.15) is 5.10 Å². The summed E-state index contributed by atoms with van der Waals surface area (Å²) in [6.07, 6.45) is 3.83. The Morgan fingerprint density at radius 2 is 1.72 bits per heavy atom. The van der Waals surface area contributed by atoms with E-state index in [1.54, 1.807) is 10.9 Å². The van der Waals surface area contributed by atoms with Crippen molar-refractivity contribution in [3.05, 3.63) is 101 Å². The lowest BCUT2D eigenvalue weighted by Gasteiger charge is -2.05. The highest BCUT2D eigenvalue weighted by Gasteiger charge is 2.15. The van der Waals surface area contributed by atoms with E-state index < -0.39 is 0 Å². The van der Waals surface area contributed by atoms with Crippen LogP contribution in [0.1, 0.15) is 11.3 Å². The van der Waals surface area contributed by atoms with Gasteiger partial charge < -0.3 is 5.32 Å². The molecule has 0 radical (unpaired) electrons. The normalized spacial score (nSPS) is 10.7. The molecule has 0 atom stereocenters. The van der Waals surface area contributed by atoms with Crippen LogP contribution in [0.5, 0.6) is 0 Å². The lowest BCUT2D eigenvalue weighted by Crippen LogP contribution is -2.25. The molecule has 0 aliphatic carbocycles. The Balaban J connectivity index is 1.59. The van der Waals surface area contributed by atoms with Gasteiger partial charge in [-0.1, -0.05) is 48.0 Å². The van der Waals surface area contributed by atoms with Gasteiger partial charge in [0, 0.05) is 28.5 Å². The average Bonchev–Trinajstić information content (AvgIpc) is 3.18. The number of rotatable bonds is 6. The number of hydrogen-bond donors (Lipinski definition) is 1. The van der Waals surface area contributed by atoms with Gasteiger partial charge in [0.1, 0.15) is 0 Å².